The van der Waals surface area contributed by atoms with Gasteiger partial charge in [0.2, 0.25) is 0 Å². The highest BCUT2D eigenvalue weighted by Crippen LogP contribution is 2.19. The number of rotatable bonds is 3. The lowest BCUT2D eigenvalue weighted by molar-refractivity contribution is 0.778. The number of alkyl halides is 1. The van der Waals surface area contributed by atoms with E-state index in [0.29, 0.717) is 5.88 Å². The lowest BCUT2D eigenvalue weighted by Crippen LogP contribution is -2.03. The lowest BCUT2D eigenvalue weighted by atomic mass is 10.1. The summed E-state index contributed by atoms with van der Waals surface area (Å²) < 4.78 is 2.19. The number of hydrogen-bond acceptors (Lipinski definition) is 1. The molecular weight excluding hydrogens is 256 g/mol. The number of halogens is 1. The molecule has 19 heavy (non-hydrogen) atoms. The summed E-state index contributed by atoms with van der Waals surface area (Å²) in [4.78, 5) is 4.58. The van der Waals surface area contributed by atoms with E-state index in [9.17, 15) is 0 Å². The first-order valence-corrected chi connectivity index (χ1v) is 6.87. The minimum absolute atomic E-state index is 0.431. The van der Waals surface area contributed by atoms with E-state index in [1.165, 1.54) is 11.1 Å². The molecule has 0 N–H and O–H groups in total. The molecule has 3 rings (SSSR count). The Balaban J connectivity index is 2.08. The van der Waals surface area contributed by atoms with Gasteiger partial charge in [0.25, 0.3) is 0 Å². The number of para-hydroxylation sites is 2. The summed E-state index contributed by atoms with van der Waals surface area (Å²) in [6.07, 6.45) is 0. The third-order valence-electron chi connectivity index (χ3n) is 3.28. The van der Waals surface area contributed by atoms with Gasteiger partial charge in [0, 0.05) is 6.54 Å². The van der Waals surface area contributed by atoms with Crippen LogP contribution in [0.15, 0.2) is 48.5 Å². The maximum absolute atomic E-state index is 6.02. The Morgan fingerprint density at radius 2 is 1.95 bits per heavy atom. The number of fused-ring (bicyclic) bond motifs is 1. The maximum Gasteiger partial charge on any atom is 0.125 e. The highest BCUT2D eigenvalue weighted by atomic mass is 35.5. The van der Waals surface area contributed by atoms with Gasteiger partial charge in [-0.3, -0.25) is 0 Å². The first kappa shape index (κ1) is 12.2. The van der Waals surface area contributed by atoms with E-state index in [1.807, 2.05) is 18.2 Å². The van der Waals surface area contributed by atoms with E-state index in [0.717, 1.165) is 23.4 Å². The molecule has 0 bridgehead atoms. The fraction of sp³-hybridized carbons (Fsp3) is 0.188. The quantitative estimate of drug-likeness (QED) is 0.654. The van der Waals surface area contributed by atoms with Crippen LogP contribution in [0.1, 0.15) is 17.0 Å². The van der Waals surface area contributed by atoms with E-state index in [4.69, 9.17) is 11.6 Å². The molecule has 1 aromatic heterocycles. The van der Waals surface area contributed by atoms with Crippen LogP contribution in [0.2, 0.25) is 0 Å². The van der Waals surface area contributed by atoms with Crippen LogP contribution in [0, 0.1) is 6.92 Å². The number of imidazole rings is 1. The second kappa shape index (κ2) is 5.06. The van der Waals surface area contributed by atoms with Crippen LogP contribution in [0.25, 0.3) is 11.0 Å². The Kier molecular flexibility index (Phi) is 3.26. The smallest absolute Gasteiger partial charge is 0.125 e. The minimum Gasteiger partial charge on any atom is -0.322 e. The Bertz CT molecular complexity index is 716. The van der Waals surface area contributed by atoms with E-state index >= 15 is 0 Å². The summed E-state index contributed by atoms with van der Waals surface area (Å²) in [5.74, 6) is 1.35. The number of aromatic nitrogens is 2. The molecule has 2 aromatic carbocycles. The van der Waals surface area contributed by atoms with Gasteiger partial charge >= 0.3 is 0 Å². The number of nitrogens with zero attached hydrogens (tertiary/aromatic N) is 2. The molecule has 0 spiro atoms. The van der Waals surface area contributed by atoms with Gasteiger partial charge < -0.3 is 4.57 Å². The molecule has 96 valence electrons. The van der Waals surface area contributed by atoms with E-state index in [-0.39, 0.29) is 0 Å². The molecule has 0 radical (unpaired) electrons. The topological polar surface area (TPSA) is 17.8 Å². The molecule has 0 saturated carbocycles. The van der Waals surface area contributed by atoms with Gasteiger partial charge in [-0.25, -0.2) is 4.98 Å². The van der Waals surface area contributed by atoms with Crippen molar-refractivity contribution >= 4 is 22.6 Å². The molecule has 0 aliphatic rings. The van der Waals surface area contributed by atoms with Gasteiger partial charge in [-0.2, -0.15) is 0 Å². The van der Waals surface area contributed by atoms with Gasteiger partial charge in [0.15, 0.2) is 0 Å². The third-order valence-corrected chi connectivity index (χ3v) is 3.52. The Morgan fingerprint density at radius 1 is 1.11 bits per heavy atom. The maximum atomic E-state index is 6.02. The Hall–Kier alpha value is -1.80. The Labute approximate surface area is 117 Å². The third kappa shape index (κ3) is 2.36. The SMILES string of the molecule is Cc1cccc(Cn2c(CCl)nc3ccccc32)c1. The van der Waals surface area contributed by atoms with Crippen LogP contribution in [0.5, 0.6) is 0 Å². The van der Waals surface area contributed by atoms with E-state index in [2.05, 4.69) is 46.8 Å². The van der Waals surface area contributed by atoms with Gasteiger partial charge in [-0.15, -0.1) is 11.6 Å². The number of hydrogen-bond donors (Lipinski definition) is 0. The van der Waals surface area contributed by atoms with Crippen molar-refractivity contribution in [3.05, 3.63) is 65.5 Å². The van der Waals surface area contributed by atoms with Crippen molar-refractivity contribution in [2.45, 2.75) is 19.3 Å². The second-order valence-electron chi connectivity index (χ2n) is 4.73. The molecule has 0 amide bonds. The summed E-state index contributed by atoms with van der Waals surface area (Å²) in [6.45, 7) is 2.92. The predicted octanol–water partition coefficient (Wildman–Crippen LogP) is 4.13. The van der Waals surface area contributed by atoms with Crippen LogP contribution in [-0.4, -0.2) is 9.55 Å². The molecule has 0 atom stereocenters. The van der Waals surface area contributed by atoms with Crippen molar-refractivity contribution < 1.29 is 0 Å². The molecule has 2 nitrogen and oxygen atoms in total. The molecule has 0 unspecified atom stereocenters. The van der Waals surface area contributed by atoms with Crippen LogP contribution < -0.4 is 0 Å². The van der Waals surface area contributed by atoms with Crippen LogP contribution in [-0.2, 0) is 12.4 Å². The normalized spacial score (nSPS) is 11.1. The zero-order valence-corrected chi connectivity index (χ0v) is 11.6. The van der Waals surface area contributed by atoms with Gasteiger partial charge in [-0.1, -0.05) is 42.0 Å². The first-order chi connectivity index (χ1) is 9.28. The molecular formula is C16H15ClN2. The zero-order chi connectivity index (χ0) is 13.2. The van der Waals surface area contributed by atoms with Gasteiger partial charge in [-0.05, 0) is 24.6 Å². The summed E-state index contributed by atoms with van der Waals surface area (Å²) >= 11 is 6.02. The van der Waals surface area contributed by atoms with Crippen molar-refractivity contribution in [1.82, 2.24) is 9.55 Å². The largest absolute Gasteiger partial charge is 0.322 e. The van der Waals surface area contributed by atoms with Crippen molar-refractivity contribution in [3.8, 4) is 0 Å². The molecule has 0 fully saturated rings. The number of benzene rings is 2. The molecule has 0 aliphatic carbocycles. The highest BCUT2D eigenvalue weighted by molar-refractivity contribution is 6.16. The van der Waals surface area contributed by atoms with Gasteiger partial charge in [0.05, 0.1) is 16.9 Å². The van der Waals surface area contributed by atoms with Crippen molar-refractivity contribution in [2.24, 2.45) is 0 Å². The lowest BCUT2D eigenvalue weighted by Gasteiger charge is -2.08. The summed E-state index contributed by atoms with van der Waals surface area (Å²) in [5, 5.41) is 0. The Morgan fingerprint density at radius 3 is 2.74 bits per heavy atom. The average molecular weight is 271 g/mol. The van der Waals surface area contributed by atoms with Crippen LogP contribution >= 0.6 is 11.6 Å². The van der Waals surface area contributed by atoms with Crippen molar-refractivity contribution in [1.29, 1.82) is 0 Å². The number of aryl methyl sites for hydroxylation is 1. The first-order valence-electron chi connectivity index (χ1n) is 6.33. The zero-order valence-electron chi connectivity index (χ0n) is 10.8. The predicted molar refractivity (Wildman–Crippen MR) is 79.6 cm³/mol. The second-order valence-corrected chi connectivity index (χ2v) is 4.99. The minimum atomic E-state index is 0.431. The fourth-order valence-electron chi connectivity index (χ4n) is 2.40. The summed E-state index contributed by atoms with van der Waals surface area (Å²) in [7, 11) is 0. The van der Waals surface area contributed by atoms with Crippen LogP contribution in [0.4, 0.5) is 0 Å². The molecule has 3 heteroatoms. The fourth-order valence-corrected chi connectivity index (χ4v) is 2.60. The molecule has 1 heterocycles. The van der Waals surface area contributed by atoms with Crippen molar-refractivity contribution in [2.75, 3.05) is 0 Å². The molecule has 0 saturated heterocycles. The summed E-state index contributed by atoms with van der Waals surface area (Å²) in [5.41, 5.74) is 4.69. The van der Waals surface area contributed by atoms with E-state index in [1.54, 1.807) is 0 Å². The van der Waals surface area contributed by atoms with E-state index < -0.39 is 0 Å². The van der Waals surface area contributed by atoms with Gasteiger partial charge in [0.1, 0.15) is 5.82 Å². The average Bonchev–Trinajstić information content (AvgIpc) is 2.77. The molecule has 0 aliphatic heterocycles. The monoisotopic (exact) mass is 270 g/mol. The summed E-state index contributed by atoms with van der Waals surface area (Å²) in [6, 6.07) is 16.7. The standard InChI is InChI=1S/C16H15ClN2/c1-12-5-4-6-13(9-12)11-19-15-8-3-2-7-14(15)18-16(19)10-17/h2-9H,10-11H2,1H3. The highest BCUT2D eigenvalue weighted by Gasteiger charge is 2.09. The van der Waals surface area contributed by atoms with Crippen LogP contribution in [0.3, 0.4) is 0 Å². The molecule has 3 aromatic rings. The van der Waals surface area contributed by atoms with Crippen molar-refractivity contribution in [3.63, 3.8) is 0 Å².